The fourth-order valence-corrected chi connectivity index (χ4v) is 2.33. The van der Waals surface area contributed by atoms with Gasteiger partial charge in [-0.05, 0) is 32.0 Å². The highest BCUT2D eigenvalue weighted by Crippen LogP contribution is 2.31. The average Bonchev–Trinajstić information content (AvgIpc) is 2.59. The molecule has 0 saturated heterocycles. The van der Waals surface area contributed by atoms with E-state index in [0.29, 0.717) is 12.1 Å². The largest absolute Gasteiger partial charge is 0.365 e. The van der Waals surface area contributed by atoms with Crippen LogP contribution in [0.5, 0.6) is 0 Å². The van der Waals surface area contributed by atoms with Gasteiger partial charge in [-0.1, -0.05) is 6.92 Å². The van der Waals surface area contributed by atoms with Crippen LogP contribution in [0.25, 0.3) is 0 Å². The first-order chi connectivity index (χ1) is 6.24. The van der Waals surface area contributed by atoms with Gasteiger partial charge in [0.05, 0.1) is 0 Å². The van der Waals surface area contributed by atoms with E-state index in [0.717, 1.165) is 0 Å². The summed E-state index contributed by atoms with van der Waals surface area (Å²) in [6.07, 6.45) is 4.48. The number of nitrogens with zero attached hydrogens (tertiary/aromatic N) is 1. The van der Waals surface area contributed by atoms with Crippen LogP contribution >= 0.6 is 0 Å². The summed E-state index contributed by atoms with van der Waals surface area (Å²) in [6.45, 7) is 4.55. The van der Waals surface area contributed by atoms with Crippen LogP contribution in [0.2, 0.25) is 0 Å². The molecular weight excluding hydrogens is 160 g/mol. The van der Waals surface area contributed by atoms with E-state index in [1.807, 2.05) is 0 Å². The van der Waals surface area contributed by atoms with Crippen molar-refractivity contribution < 1.29 is 0 Å². The minimum absolute atomic E-state index is 0.569. The summed E-state index contributed by atoms with van der Waals surface area (Å²) in [7, 11) is 2.23. The zero-order valence-electron chi connectivity index (χ0n) is 8.67. The van der Waals surface area contributed by atoms with Gasteiger partial charge in [0.1, 0.15) is 0 Å². The topological polar surface area (TPSA) is 19.0 Å². The molecule has 0 spiro atoms. The van der Waals surface area contributed by atoms with Crippen LogP contribution in [0.1, 0.15) is 37.6 Å². The Bertz CT molecular complexity index is 290. The molecular formula is C11H18N2. The number of H-pyrrole nitrogens is 1. The van der Waals surface area contributed by atoms with Crippen LogP contribution in [-0.2, 0) is 6.42 Å². The Morgan fingerprint density at radius 1 is 1.62 bits per heavy atom. The summed E-state index contributed by atoms with van der Waals surface area (Å²) in [5.41, 5.74) is 2.92. The van der Waals surface area contributed by atoms with Gasteiger partial charge in [-0.15, -0.1) is 0 Å². The normalized spacial score (nSPS) is 28.8. The van der Waals surface area contributed by atoms with Crippen molar-refractivity contribution in [3.63, 3.8) is 0 Å². The molecule has 2 heterocycles. The molecule has 1 aliphatic heterocycles. The van der Waals surface area contributed by atoms with Gasteiger partial charge < -0.3 is 4.98 Å². The first-order valence-corrected chi connectivity index (χ1v) is 5.12. The second-order valence-corrected chi connectivity index (χ2v) is 4.02. The molecule has 2 atom stereocenters. The van der Waals surface area contributed by atoms with E-state index in [9.17, 15) is 0 Å². The van der Waals surface area contributed by atoms with Crippen molar-refractivity contribution >= 4 is 0 Å². The smallest absolute Gasteiger partial charge is 0.0337 e. The minimum atomic E-state index is 0.569. The van der Waals surface area contributed by atoms with Gasteiger partial charge >= 0.3 is 0 Å². The number of hydrogen-bond acceptors (Lipinski definition) is 1. The van der Waals surface area contributed by atoms with Gasteiger partial charge in [-0.25, -0.2) is 0 Å². The Hall–Kier alpha value is -0.760. The van der Waals surface area contributed by atoms with Crippen molar-refractivity contribution in [2.75, 3.05) is 7.05 Å². The van der Waals surface area contributed by atoms with Crippen LogP contribution in [0.15, 0.2) is 12.3 Å². The van der Waals surface area contributed by atoms with Crippen LogP contribution < -0.4 is 0 Å². The summed E-state index contributed by atoms with van der Waals surface area (Å²) < 4.78 is 0. The predicted octanol–water partition coefficient (Wildman–Crippen LogP) is 2.34. The van der Waals surface area contributed by atoms with Crippen LogP contribution in [0.4, 0.5) is 0 Å². The Balaban J connectivity index is 2.32. The van der Waals surface area contributed by atoms with E-state index in [1.54, 1.807) is 0 Å². The van der Waals surface area contributed by atoms with Crippen molar-refractivity contribution in [1.82, 2.24) is 9.88 Å². The van der Waals surface area contributed by atoms with E-state index in [2.05, 4.69) is 43.0 Å². The standard InChI is InChI=1S/C11H18N2/c1-4-9-7-11-10(5-6-12-11)8(2)13(9)3/h5-6,8-9,12H,4,7H2,1-3H3/t8-,9+/m1/s1. The first kappa shape index (κ1) is 8.82. The summed E-state index contributed by atoms with van der Waals surface area (Å²) in [6, 6.07) is 3.49. The second-order valence-electron chi connectivity index (χ2n) is 4.02. The maximum atomic E-state index is 3.35. The average molecular weight is 178 g/mol. The van der Waals surface area contributed by atoms with Crippen LogP contribution in [-0.4, -0.2) is 23.0 Å². The number of aromatic nitrogens is 1. The molecule has 1 N–H and O–H groups in total. The molecule has 2 nitrogen and oxygen atoms in total. The molecule has 1 aromatic heterocycles. The highest BCUT2D eigenvalue weighted by atomic mass is 15.2. The first-order valence-electron chi connectivity index (χ1n) is 5.12. The number of hydrogen-bond donors (Lipinski definition) is 1. The van der Waals surface area contributed by atoms with E-state index in [-0.39, 0.29) is 0 Å². The number of likely N-dealkylation sites (N-methyl/N-ethyl adjacent to an activating group) is 1. The van der Waals surface area contributed by atoms with Crippen molar-refractivity contribution in [2.45, 2.75) is 38.8 Å². The molecule has 0 amide bonds. The van der Waals surface area contributed by atoms with Crippen molar-refractivity contribution in [1.29, 1.82) is 0 Å². The van der Waals surface area contributed by atoms with Gasteiger partial charge in [0.25, 0.3) is 0 Å². The molecule has 0 unspecified atom stereocenters. The van der Waals surface area contributed by atoms with Gasteiger partial charge in [-0.3, -0.25) is 4.90 Å². The summed E-state index contributed by atoms with van der Waals surface area (Å²) >= 11 is 0. The predicted molar refractivity (Wildman–Crippen MR) is 54.8 cm³/mol. The SMILES string of the molecule is CC[C@H]1Cc2[nH]ccc2[C@@H](C)N1C. The lowest BCUT2D eigenvalue weighted by Crippen LogP contribution is -2.39. The molecule has 13 heavy (non-hydrogen) atoms. The third kappa shape index (κ3) is 1.29. The molecule has 0 saturated carbocycles. The summed E-state index contributed by atoms with van der Waals surface area (Å²) in [5.74, 6) is 0. The lowest BCUT2D eigenvalue weighted by atomic mass is 9.94. The minimum Gasteiger partial charge on any atom is -0.365 e. The van der Waals surface area contributed by atoms with E-state index in [1.165, 1.54) is 24.1 Å². The maximum absolute atomic E-state index is 3.35. The van der Waals surface area contributed by atoms with Gasteiger partial charge in [0, 0.05) is 30.4 Å². The van der Waals surface area contributed by atoms with Gasteiger partial charge in [-0.2, -0.15) is 0 Å². The lowest BCUT2D eigenvalue weighted by Gasteiger charge is -2.37. The van der Waals surface area contributed by atoms with Crippen molar-refractivity contribution in [3.8, 4) is 0 Å². The molecule has 1 aliphatic rings. The molecule has 2 rings (SSSR count). The maximum Gasteiger partial charge on any atom is 0.0337 e. The molecule has 72 valence electrons. The van der Waals surface area contributed by atoms with Crippen molar-refractivity contribution in [2.24, 2.45) is 0 Å². The Morgan fingerprint density at radius 3 is 3.08 bits per heavy atom. The molecule has 0 aliphatic carbocycles. The summed E-state index contributed by atoms with van der Waals surface area (Å²) in [5, 5.41) is 0. The monoisotopic (exact) mass is 178 g/mol. The molecule has 0 radical (unpaired) electrons. The number of aromatic amines is 1. The third-order valence-corrected chi connectivity index (χ3v) is 3.42. The summed E-state index contributed by atoms with van der Waals surface area (Å²) in [4.78, 5) is 5.83. The molecule has 0 fully saturated rings. The Kier molecular flexibility index (Phi) is 2.16. The fraction of sp³-hybridized carbons (Fsp3) is 0.636. The van der Waals surface area contributed by atoms with Crippen LogP contribution in [0.3, 0.4) is 0 Å². The van der Waals surface area contributed by atoms with E-state index < -0.39 is 0 Å². The lowest BCUT2D eigenvalue weighted by molar-refractivity contribution is 0.161. The quantitative estimate of drug-likeness (QED) is 0.699. The molecule has 2 heteroatoms. The van der Waals surface area contributed by atoms with E-state index >= 15 is 0 Å². The number of fused-ring (bicyclic) bond motifs is 1. The van der Waals surface area contributed by atoms with Crippen molar-refractivity contribution in [3.05, 3.63) is 23.5 Å². The zero-order chi connectivity index (χ0) is 9.42. The number of nitrogens with one attached hydrogen (secondary N) is 1. The zero-order valence-corrected chi connectivity index (χ0v) is 8.67. The van der Waals surface area contributed by atoms with Gasteiger partial charge in [0.15, 0.2) is 0 Å². The van der Waals surface area contributed by atoms with Gasteiger partial charge in [0.2, 0.25) is 0 Å². The number of rotatable bonds is 1. The Morgan fingerprint density at radius 2 is 2.38 bits per heavy atom. The highest BCUT2D eigenvalue weighted by Gasteiger charge is 2.28. The van der Waals surface area contributed by atoms with Crippen LogP contribution in [0, 0.1) is 0 Å². The molecule has 0 bridgehead atoms. The molecule has 1 aromatic rings. The Labute approximate surface area is 79.9 Å². The van der Waals surface area contributed by atoms with E-state index in [4.69, 9.17) is 0 Å². The fourth-order valence-electron chi connectivity index (χ4n) is 2.33. The highest BCUT2D eigenvalue weighted by molar-refractivity contribution is 5.27. The second kappa shape index (κ2) is 3.18. The third-order valence-electron chi connectivity index (χ3n) is 3.42. The molecule has 0 aromatic carbocycles.